The first-order valence-electron chi connectivity index (χ1n) is 6.12. The first kappa shape index (κ1) is 11.6. The Morgan fingerprint density at radius 1 is 1.31 bits per heavy atom. The van der Waals surface area contributed by atoms with Crippen LogP contribution in [0.1, 0.15) is 37.7 Å². The summed E-state index contributed by atoms with van der Waals surface area (Å²) in [5.74, 6) is -0.248. The van der Waals surface area contributed by atoms with Gasteiger partial charge in [-0.1, -0.05) is 50.1 Å². The molecule has 1 aromatic rings. The summed E-state index contributed by atoms with van der Waals surface area (Å²) in [6, 6.07) is 9.68. The summed E-state index contributed by atoms with van der Waals surface area (Å²) in [5.41, 5.74) is 1.02. The molecule has 0 spiro atoms. The van der Waals surface area contributed by atoms with Crippen LogP contribution in [0, 0.1) is 5.92 Å². The molecule has 2 heteroatoms. The van der Waals surface area contributed by atoms with E-state index in [0.29, 0.717) is 0 Å². The molecule has 2 rings (SSSR count). The summed E-state index contributed by atoms with van der Waals surface area (Å²) in [5, 5.41) is 9.88. The molecule has 0 heterocycles. The lowest BCUT2D eigenvalue weighted by Gasteiger charge is -2.08. The van der Waals surface area contributed by atoms with Gasteiger partial charge in [0, 0.05) is 11.8 Å². The van der Waals surface area contributed by atoms with E-state index < -0.39 is 12.3 Å². The van der Waals surface area contributed by atoms with Crippen LogP contribution in [-0.4, -0.2) is 17.4 Å². The number of unbranched alkanes of at least 4 members (excludes halogenated alkanes) is 1. The Bertz CT molecular complexity index is 325. The fourth-order valence-corrected chi connectivity index (χ4v) is 2.43. The van der Waals surface area contributed by atoms with Crippen molar-refractivity contribution in [1.82, 2.24) is 0 Å². The van der Waals surface area contributed by atoms with Gasteiger partial charge in [0.05, 0.1) is 6.10 Å². The van der Waals surface area contributed by atoms with Crippen LogP contribution in [0.3, 0.4) is 0 Å². The van der Waals surface area contributed by atoms with Crippen LogP contribution >= 0.6 is 0 Å². The second-order valence-corrected chi connectivity index (χ2v) is 4.67. The average Bonchev–Trinajstić information content (AvgIpc) is 2.99. The molecule has 88 valence electrons. The Kier molecular flexibility index (Phi) is 3.59. The number of hydrogen-bond donors (Lipinski definition) is 1. The van der Waals surface area contributed by atoms with Crippen molar-refractivity contribution in [2.45, 2.75) is 44.4 Å². The van der Waals surface area contributed by atoms with E-state index in [9.17, 15) is 9.50 Å². The van der Waals surface area contributed by atoms with Crippen LogP contribution in [0.25, 0.3) is 0 Å². The van der Waals surface area contributed by atoms with Crippen LogP contribution in [0.4, 0.5) is 4.39 Å². The molecule has 1 aliphatic rings. The number of benzene rings is 1. The maximum atomic E-state index is 13.6. The molecule has 1 N–H and O–H groups in total. The molecule has 0 radical (unpaired) electrons. The summed E-state index contributed by atoms with van der Waals surface area (Å²) in [4.78, 5) is 0. The molecule has 0 amide bonds. The van der Waals surface area contributed by atoms with Gasteiger partial charge in [0.15, 0.2) is 0 Å². The first-order chi connectivity index (χ1) is 7.75. The molecule has 0 bridgehead atoms. The third-order valence-electron chi connectivity index (χ3n) is 3.47. The van der Waals surface area contributed by atoms with Gasteiger partial charge in [-0.25, -0.2) is 4.39 Å². The van der Waals surface area contributed by atoms with Crippen LogP contribution in [-0.2, 0) is 0 Å². The van der Waals surface area contributed by atoms with Gasteiger partial charge in [-0.2, -0.15) is 0 Å². The summed E-state index contributed by atoms with van der Waals surface area (Å²) in [6.07, 6.45) is 1.43. The van der Waals surface area contributed by atoms with E-state index in [1.54, 1.807) is 0 Å². The predicted octanol–water partition coefficient (Wildman–Crippen LogP) is 3.29. The zero-order valence-electron chi connectivity index (χ0n) is 9.64. The summed E-state index contributed by atoms with van der Waals surface area (Å²) < 4.78 is 13.6. The van der Waals surface area contributed by atoms with E-state index >= 15 is 0 Å². The van der Waals surface area contributed by atoms with E-state index in [0.717, 1.165) is 24.8 Å². The molecule has 1 nitrogen and oxygen atoms in total. The summed E-state index contributed by atoms with van der Waals surface area (Å²) in [7, 11) is 0. The number of halogens is 1. The molecule has 4 atom stereocenters. The van der Waals surface area contributed by atoms with Crippen molar-refractivity contribution in [3.63, 3.8) is 0 Å². The van der Waals surface area contributed by atoms with Crippen molar-refractivity contribution in [3.8, 4) is 0 Å². The van der Waals surface area contributed by atoms with Crippen molar-refractivity contribution in [2.75, 3.05) is 0 Å². The van der Waals surface area contributed by atoms with Crippen molar-refractivity contribution in [2.24, 2.45) is 5.92 Å². The number of aliphatic hydroxyl groups is 1. The smallest absolute Gasteiger partial charge is 0.113 e. The van der Waals surface area contributed by atoms with E-state index in [2.05, 4.69) is 6.92 Å². The average molecular weight is 222 g/mol. The quantitative estimate of drug-likeness (QED) is 0.810. The lowest BCUT2D eigenvalue weighted by atomic mass is 10.0. The minimum Gasteiger partial charge on any atom is -0.393 e. The third-order valence-corrected chi connectivity index (χ3v) is 3.47. The largest absolute Gasteiger partial charge is 0.393 e. The van der Waals surface area contributed by atoms with Crippen LogP contribution in [0.2, 0.25) is 0 Å². The highest BCUT2D eigenvalue weighted by molar-refractivity contribution is 5.30. The van der Waals surface area contributed by atoms with Crippen LogP contribution in [0.15, 0.2) is 30.3 Å². The van der Waals surface area contributed by atoms with Gasteiger partial charge in [-0.15, -0.1) is 0 Å². The minimum atomic E-state index is -0.853. The standard InChI is InChI=1S/C14H19FO/c1-2-3-9-11(16)13-12(14(13)15)10-7-5-4-6-8-10/h4-8,11-14,16H,2-3,9H2,1H3/t11-,12+,13+,14+/m0/s1. The molecule has 1 saturated carbocycles. The predicted molar refractivity (Wildman–Crippen MR) is 63.1 cm³/mol. The summed E-state index contributed by atoms with van der Waals surface area (Å²) >= 11 is 0. The fraction of sp³-hybridized carbons (Fsp3) is 0.571. The van der Waals surface area contributed by atoms with Crippen molar-refractivity contribution in [1.29, 1.82) is 0 Å². The Morgan fingerprint density at radius 3 is 2.62 bits per heavy atom. The second-order valence-electron chi connectivity index (χ2n) is 4.67. The topological polar surface area (TPSA) is 20.2 Å². The molecule has 0 aromatic heterocycles. The Hall–Kier alpha value is -0.890. The van der Waals surface area contributed by atoms with Crippen LogP contribution < -0.4 is 0 Å². The summed E-state index contributed by atoms with van der Waals surface area (Å²) in [6.45, 7) is 2.08. The second kappa shape index (κ2) is 4.96. The van der Waals surface area contributed by atoms with Crippen molar-refractivity contribution >= 4 is 0 Å². The Labute approximate surface area is 96.3 Å². The lowest BCUT2D eigenvalue weighted by Crippen LogP contribution is -2.11. The monoisotopic (exact) mass is 222 g/mol. The normalized spacial score (nSPS) is 30.1. The highest BCUT2D eigenvalue weighted by atomic mass is 19.1. The van der Waals surface area contributed by atoms with E-state index in [-0.39, 0.29) is 11.8 Å². The molecule has 0 aliphatic heterocycles. The first-order valence-corrected chi connectivity index (χ1v) is 6.12. The molecular weight excluding hydrogens is 203 g/mol. The number of hydrogen-bond acceptors (Lipinski definition) is 1. The maximum Gasteiger partial charge on any atom is 0.113 e. The van der Waals surface area contributed by atoms with E-state index in [4.69, 9.17) is 0 Å². The highest BCUT2D eigenvalue weighted by Crippen LogP contribution is 2.52. The molecule has 0 saturated heterocycles. The minimum absolute atomic E-state index is 0.0759. The lowest BCUT2D eigenvalue weighted by molar-refractivity contribution is 0.126. The van der Waals surface area contributed by atoms with E-state index in [1.165, 1.54) is 0 Å². The van der Waals surface area contributed by atoms with Crippen LogP contribution in [0.5, 0.6) is 0 Å². The molecule has 1 aliphatic carbocycles. The number of rotatable bonds is 5. The molecule has 1 aromatic carbocycles. The fourth-order valence-electron chi connectivity index (χ4n) is 2.43. The van der Waals surface area contributed by atoms with Crippen molar-refractivity contribution in [3.05, 3.63) is 35.9 Å². The number of aliphatic hydroxyl groups excluding tert-OH is 1. The molecule has 1 fully saturated rings. The third kappa shape index (κ3) is 2.27. The van der Waals surface area contributed by atoms with Gasteiger partial charge >= 0.3 is 0 Å². The van der Waals surface area contributed by atoms with Gasteiger partial charge in [-0.05, 0) is 12.0 Å². The highest BCUT2D eigenvalue weighted by Gasteiger charge is 2.55. The Morgan fingerprint density at radius 2 is 2.00 bits per heavy atom. The SMILES string of the molecule is CCCC[C@H](O)[C@H]1[C@H](F)[C@@H]1c1ccccc1. The number of alkyl halides is 1. The zero-order valence-corrected chi connectivity index (χ0v) is 9.64. The van der Waals surface area contributed by atoms with E-state index in [1.807, 2.05) is 30.3 Å². The van der Waals surface area contributed by atoms with Crippen molar-refractivity contribution < 1.29 is 9.50 Å². The van der Waals surface area contributed by atoms with Gasteiger partial charge < -0.3 is 5.11 Å². The zero-order chi connectivity index (χ0) is 11.5. The molecular formula is C14H19FO. The molecule has 16 heavy (non-hydrogen) atoms. The Balaban J connectivity index is 1.95. The van der Waals surface area contributed by atoms with Gasteiger partial charge in [0.2, 0.25) is 0 Å². The van der Waals surface area contributed by atoms with Gasteiger partial charge in [0.1, 0.15) is 6.17 Å². The van der Waals surface area contributed by atoms with Gasteiger partial charge in [-0.3, -0.25) is 0 Å². The molecule has 0 unspecified atom stereocenters. The van der Waals surface area contributed by atoms with Gasteiger partial charge in [0.25, 0.3) is 0 Å². The maximum absolute atomic E-state index is 13.6.